The molecular formula is C33H46Sn. The summed E-state index contributed by atoms with van der Waals surface area (Å²) in [5.41, 5.74) is 8.68. The van der Waals surface area contributed by atoms with E-state index in [4.69, 9.17) is 0 Å². The first-order valence-electron chi connectivity index (χ1n) is 13.5. The molecule has 3 aromatic carbocycles. The summed E-state index contributed by atoms with van der Waals surface area (Å²) < 4.78 is 6.45. The fraction of sp³-hybridized carbons (Fsp3) is 0.455. The van der Waals surface area contributed by atoms with Gasteiger partial charge in [0.05, 0.1) is 0 Å². The van der Waals surface area contributed by atoms with Gasteiger partial charge in [0, 0.05) is 0 Å². The van der Waals surface area contributed by atoms with Gasteiger partial charge in [-0.25, -0.2) is 0 Å². The fourth-order valence-electron chi connectivity index (χ4n) is 5.77. The van der Waals surface area contributed by atoms with Crippen molar-refractivity contribution in [2.45, 2.75) is 97.8 Å². The number of hydrogen-bond acceptors (Lipinski definition) is 0. The summed E-state index contributed by atoms with van der Waals surface area (Å²) in [7, 11) is 0. The van der Waals surface area contributed by atoms with E-state index >= 15 is 0 Å². The van der Waals surface area contributed by atoms with Gasteiger partial charge in [0.1, 0.15) is 0 Å². The maximum atomic E-state index is 2.57. The molecule has 0 nitrogen and oxygen atoms in total. The second-order valence-electron chi connectivity index (χ2n) is 10.7. The second-order valence-corrected chi connectivity index (χ2v) is 21.9. The zero-order chi connectivity index (χ0) is 24.7. The Morgan fingerprint density at radius 1 is 0.471 bits per heavy atom. The van der Waals surface area contributed by atoms with Gasteiger partial charge in [-0.2, -0.15) is 0 Å². The van der Waals surface area contributed by atoms with Crippen molar-refractivity contribution < 1.29 is 0 Å². The van der Waals surface area contributed by atoms with Crippen molar-refractivity contribution in [3.05, 3.63) is 88.0 Å². The third-order valence-corrected chi connectivity index (χ3v) is 23.3. The molecule has 0 aliphatic heterocycles. The molecule has 0 saturated carbocycles. The van der Waals surface area contributed by atoms with Crippen molar-refractivity contribution in [1.29, 1.82) is 0 Å². The molecule has 0 atom stereocenters. The molecule has 182 valence electrons. The van der Waals surface area contributed by atoms with Crippen LogP contribution in [0.15, 0.2) is 54.6 Å². The van der Waals surface area contributed by atoms with E-state index in [1.54, 1.807) is 10.7 Å². The first kappa shape index (κ1) is 27.1. The number of benzene rings is 3. The van der Waals surface area contributed by atoms with E-state index in [0.717, 1.165) is 0 Å². The van der Waals surface area contributed by atoms with E-state index in [1.165, 1.54) is 82.8 Å². The van der Waals surface area contributed by atoms with Gasteiger partial charge in [-0.1, -0.05) is 0 Å². The third kappa shape index (κ3) is 6.17. The Kier molecular flexibility index (Phi) is 9.89. The predicted molar refractivity (Wildman–Crippen MR) is 155 cm³/mol. The molecule has 0 heterocycles. The Balaban J connectivity index is 2.21. The van der Waals surface area contributed by atoms with Crippen molar-refractivity contribution >= 4 is 29.1 Å². The molecule has 3 aromatic rings. The summed E-state index contributed by atoms with van der Waals surface area (Å²) in [6.45, 7) is 16.2. The molecule has 0 amide bonds. The molecule has 0 spiro atoms. The van der Waals surface area contributed by atoms with E-state index in [2.05, 4.69) is 103 Å². The Hall–Kier alpha value is -1.54. The van der Waals surface area contributed by atoms with E-state index in [0.29, 0.717) is 0 Å². The Morgan fingerprint density at radius 3 is 1.21 bits per heavy atom. The number of unbranched alkanes of at least 4 members (excludes halogenated alkanes) is 6. The zero-order valence-electron chi connectivity index (χ0n) is 22.9. The first-order valence-corrected chi connectivity index (χ1v) is 19.8. The summed E-state index contributed by atoms with van der Waals surface area (Å²) in [4.78, 5) is 0. The van der Waals surface area contributed by atoms with Crippen molar-refractivity contribution in [2.75, 3.05) is 0 Å². The summed E-state index contributed by atoms with van der Waals surface area (Å²) in [5, 5.41) is 0. The summed E-state index contributed by atoms with van der Waals surface area (Å²) in [6.07, 6.45) is 9.60. The summed E-state index contributed by atoms with van der Waals surface area (Å²) in [5.74, 6) is 0. The SMILES string of the molecule is CCCCCCCC[CH2][Sn]([c]1cc(C)ccc1C)([c]1cc(C)ccc1C)[c]1cc(C)ccc1C. The number of hydrogen-bond donors (Lipinski definition) is 0. The normalized spacial score (nSPS) is 11.7. The molecule has 0 unspecified atom stereocenters. The van der Waals surface area contributed by atoms with E-state index in [9.17, 15) is 0 Å². The van der Waals surface area contributed by atoms with Gasteiger partial charge in [0.2, 0.25) is 0 Å². The fourth-order valence-corrected chi connectivity index (χ4v) is 23.3. The van der Waals surface area contributed by atoms with E-state index < -0.39 is 18.4 Å². The van der Waals surface area contributed by atoms with Crippen LogP contribution in [0.3, 0.4) is 0 Å². The van der Waals surface area contributed by atoms with Crippen LogP contribution < -0.4 is 10.7 Å². The zero-order valence-corrected chi connectivity index (χ0v) is 25.7. The molecule has 34 heavy (non-hydrogen) atoms. The Labute approximate surface area is 214 Å². The van der Waals surface area contributed by atoms with Crippen LogP contribution in [0.1, 0.15) is 85.3 Å². The number of rotatable bonds is 11. The molecule has 0 aliphatic carbocycles. The maximum absolute atomic E-state index is 3.30. The van der Waals surface area contributed by atoms with Crippen LogP contribution >= 0.6 is 0 Å². The van der Waals surface area contributed by atoms with Crippen LogP contribution in [-0.2, 0) is 0 Å². The summed E-state index contributed by atoms with van der Waals surface area (Å²) in [6, 6.07) is 21.8. The van der Waals surface area contributed by atoms with Crippen molar-refractivity contribution in [3.8, 4) is 0 Å². The van der Waals surface area contributed by atoms with Crippen molar-refractivity contribution in [2.24, 2.45) is 0 Å². The molecule has 3 rings (SSSR count). The topological polar surface area (TPSA) is 0 Å². The van der Waals surface area contributed by atoms with Crippen LogP contribution in [0.5, 0.6) is 0 Å². The molecular weight excluding hydrogens is 515 g/mol. The van der Waals surface area contributed by atoms with Gasteiger partial charge in [0.25, 0.3) is 0 Å². The molecule has 0 saturated heterocycles. The molecule has 0 radical (unpaired) electrons. The quantitative estimate of drug-likeness (QED) is 0.166. The van der Waals surface area contributed by atoms with Gasteiger partial charge < -0.3 is 0 Å². The molecule has 0 bridgehead atoms. The van der Waals surface area contributed by atoms with Gasteiger partial charge >= 0.3 is 215 Å². The number of aryl methyl sites for hydroxylation is 6. The average Bonchev–Trinajstić information content (AvgIpc) is 2.81. The first-order chi connectivity index (χ1) is 16.3. The molecule has 0 aromatic heterocycles. The molecule has 1 heteroatoms. The van der Waals surface area contributed by atoms with Crippen LogP contribution in [0.2, 0.25) is 4.44 Å². The van der Waals surface area contributed by atoms with E-state index in [1.807, 2.05) is 0 Å². The van der Waals surface area contributed by atoms with Crippen LogP contribution in [0.4, 0.5) is 0 Å². The molecule has 0 N–H and O–H groups in total. The molecule has 0 aliphatic rings. The van der Waals surface area contributed by atoms with Crippen LogP contribution in [-0.4, -0.2) is 18.4 Å². The van der Waals surface area contributed by atoms with Crippen molar-refractivity contribution in [3.63, 3.8) is 0 Å². The minimum atomic E-state index is -3.30. The van der Waals surface area contributed by atoms with Gasteiger partial charge in [0.15, 0.2) is 0 Å². The average molecular weight is 561 g/mol. The minimum absolute atomic E-state index is 1.32. The van der Waals surface area contributed by atoms with Gasteiger partial charge in [-0.15, -0.1) is 0 Å². The van der Waals surface area contributed by atoms with Crippen LogP contribution in [0.25, 0.3) is 0 Å². The Morgan fingerprint density at radius 2 is 0.824 bits per heavy atom. The van der Waals surface area contributed by atoms with Gasteiger partial charge in [-0.05, 0) is 0 Å². The standard InChI is InChI=1S/C9H19.3C8H9.Sn/c1-3-5-7-9-8-6-4-2;3*1-7-3-5-8(2)6-4-7;/h1,3-9H2,2H3;3*3-5H,1-2H3;. The summed E-state index contributed by atoms with van der Waals surface area (Å²) >= 11 is -3.30. The van der Waals surface area contributed by atoms with Crippen LogP contribution in [0, 0.1) is 41.5 Å². The third-order valence-electron chi connectivity index (χ3n) is 7.71. The molecule has 0 fully saturated rings. The van der Waals surface area contributed by atoms with Crippen molar-refractivity contribution in [1.82, 2.24) is 0 Å². The second kappa shape index (κ2) is 12.4. The van der Waals surface area contributed by atoms with Gasteiger partial charge in [-0.3, -0.25) is 0 Å². The monoisotopic (exact) mass is 562 g/mol. The van der Waals surface area contributed by atoms with E-state index in [-0.39, 0.29) is 0 Å². The Bertz CT molecular complexity index is 967. The predicted octanol–water partition coefficient (Wildman–Crippen LogP) is 7.76.